The van der Waals surface area contributed by atoms with Gasteiger partial charge >= 0.3 is 0 Å². The molecule has 3 nitrogen and oxygen atoms in total. The van der Waals surface area contributed by atoms with Gasteiger partial charge in [0.05, 0.1) is 12.8 Å². The molecule has 2 N–H and O–H groups in total. The molecule has 0 fully saturated rings. The van der Waals surface area contributed by atoms with Crippen molar-refractivity contribution in [3.05, 3.63) is 53.5 Å². The quantitative estimate of drug-likeness (QED) is 0.808. The van der Waals surface area contributed by atoms with E-state index in [1.54, 1.807) is 6.26 Å². The van der Waals surface area contributed by atoms with E-state index in [9.17, 15) is 0 Å². The summed E-state index contributed by atoms with van der Waals surface area (Å²) < 4.78 is 5.29. The zero-order valence-electron chi connectivity index (χ0n) is 11.3. The molecule has 2 aromatic rings. The van der Waals surface area contributed by atoms with Crippen LogP contribution in [0.4, 0.5) is 5.69 Å². The Morgan fingerprint density at radius 1 is 1.37 bits per heavy atom. The van der Waals surface area contributed by atoms with Gasteiger partial charge in [0.2, 0.25) is 0 Å². The van der Waals surface area contributed by atoms with E-state index in [4.69, 9.17) is 4.42 Å². The summed E-state index contributed by atoms with van der Waals surface area (Å²) in [6.45, 7) is 4.00. The molecule has 1 aliphatic heterocycles. The normalized spacial score (nSPS) is 17.2. The second kappa shape index (κ2) is 5.49. The summed E-state index contributed by atoms with van der Waals surface area (Å²) in [7, 11) is 0. The number of anilines is 1. The molecule has 0 radical (unpaired) electrons. The summed E-state index contributed by atoms with van der Waals surface area (Å²) in [6.07, 6.45) is 3.91. The second-order valence-electron chi connectivity index (χ2n) is 5.25. The summed E-state index contributed by atoms with van der Waals surface area (Å²) in [4.78, 5) is 0. The van der Waals surface area contributed by atoms with E-state index in [2.05, 4.69) is 35.8 Å². The van der Waals surface area contributed by atoms with Gasteiger partial charge in [0, 0.05) is 11.7 Å². The molecule has 3 rings (SSSR count). The van der Waals surface area contributed by atoms with Crippen LogP contribution in [0.15, 0.2) is 41.0 Å². The third kappa shape index (κ3) is 2.99. The molecule has 1 atom stereocenters. The number of fused-ring (bicyclic) bond motifs is 1. The number of nitrogens with one attached hydrogen (secondary N) is 2. The van der Waals surface area contributed by atoms with Crippen LogP contribution in [0.25, 0.3) is 0 Å². The summed E-state index contributed by atoms with van der Waals surface area (Å²) in [6, 6.07) is 11.3. The average molecular weight is 256 g/mol. The predicted octanol–water partition coefficient (Wildman–Crippen LogP) is 2.97. The smallest absolute Gasteiger partial charge is 0.117 e. The highest BCUT2D eigenvalue weighted by atomic mass is 16.3. The van der Waals surface area contributed by atoms with Crippen LogP contribution in [0.2, 0.25) is 0 Å². The van der Waals surface area contributed by atoms with Gasteiger partial charge in [-0.2, -0.15) is 0 Å². The van der Waals surface area contributed by atoms with Crippen molar-refractivity contribution in [2.75, 3.05) is 11.9 Å². The second-order valence-corrected chi connectivity index (χ2v) is 5.25. The Kier molecular flexibility index (Phi) is 3.56. The Balaban J connectivity index is 1.49. The van der Waals surface area contributed by atoms with Gasteiger partial charge in [-0.25, -0.2) is 0 Å². The van der Waals surface area contributed by atoms with E-state index in [1.807, 2.05) is 12.1 Å². The molecule has 0 saturated carbocycles. The van der Waals surface area contributed by atoms with Crippen LogP contribution >= 0.6 is 0 Å². The maximum atomic E-state index is 5.29. The number of hydrogen-bond donors (Lipinski definition) is 2. The molecular formula is C16H20N2O. The first kappa shape index (κ1) is 12.3. The van der Waals surface area contributed by atoms with Gasteiger partial charge in [0.1, 0.15) is 5.76 Å². The van der Waals surface area contributed by atoms with Gasteiger partial charge in [0.15, 0.2) is 0 Å². The maximum Gasteiger partial charge on any atom is 0.117 e. The maximum absolute atomic E-state index is 5.29. The van der Waals surface area contributed by atoms with E-state index >= 15 is 0 Å². The van der Waals surface area contributed by atoms with Crippen molar-refractivity contribution in [3.63, 3.8) is 0 Å². The molecule has 100 valence electrons. The van der Waals surface area contributed by atoms with Gasteiger partial charge < -0.3 is 15.1 Å². The molecule has 1 aliphatic rings. The lowest BCUT2D eigenvalue weighted by molar-refractivity contribution is 0.484. The van der Waals surface area contributed by atoms with E-state index in [0.29, 0.717) is 6.04 Å². The van der Waals surface area contributed by atoms with Crippen molar-refractivity contribution in [1.82, 2.24) is 5.32 Å². The van der Waals surface area contributed by atoms with Crippen LogP contribution in [-0.4, -0.2) is 12.6 Å². The minimum atomic E-state index is 0.572. The van der Waals surface area contributed by atoms with Crippen molar-refractivity contribution < 1.29 is 4.42 Å². The third-order valence-corrected chi connectivity index (χ3v) is 3.57. The van der Waals surface area contributed by atoms with Crippen molar-refractivity contribution in [2.24, 2.45) is 0 Å². The lowest BCUT2D eigenvalue weighted by Crippen LogP contribution is -2.16. The predicted molar refractivity (Wildman–Crippen MR) is 77.3 cm³/mol. The van der Waals surface area contributed by atoms with Crippen molar-refractivity contribution in [1.29, 1.82) is 0 Å². The molecule has 2 heterocycles. The van der Waals surface area contributed by atoms with Gasteiger partial charge in [-0.15, -0.1) is 0 Å². The van der Waals surface area contributed by atoms with Crippen LogP contribution in [0.3, 0.4) is 0 Å². The molecule has 1 unspecified atom stereocenters. The summed E-state index contributed by atoms with van der Waals surface area (Å²) in [5.41, 5.74) is 4.16. The average Bonchev–Trinajstić information content (AvgIpc) is 3.02. The van der Waals surface area contributed by atoms with Crippen molar-refractivity contribution >= 4 is 5.69 Å². The lowest BCUT2D eigenvalue weighted by Gasteiger charge is -2.06. The SMILES string of the molecule is CC1Cc2cc(CCNCc3ccco3)ccc2N1. The third-order valence-electron chi connectivity index (χ3n) is 3.57. The molecule has 1 aromatic carbocycles. The van der Waals surface area contributed by atoms with Crippen molar-refractivity contribution in [3.8, 4) is 0 Å². The zero-order chi connectivity index (χ0) is 13.1. The molecule has 0 bridgehead atoms. The van der Waals surface area contributed by atoms with Crippen molar-refractivity contribution in [2.45, 2.75) is 32.4 Å². The van der Waals surface area contributed by atoms with E-state index in [-0.39, 0.29) is 0 Å². The number of rotatable bonds is 5. The Morgan fingerprint density at radius 3 is 3.16 bits per heavy atom. The lowest BCUT2D eigenvalue weighted by atomic mass is 10.0. The fourth-order valence-electron chi connectivity index (χ4n) is 2.62. The number of furan rings is 1. The van der Waals surface area contributed by atoms with E-state index < -0.39 is 0 Å². The van der Waals surface area contributed by atoms with Crippen LogP contribution in [-0.2, 0) is 19.4 Å². The molecule has 3 heteroatoms. The molecule has 0 spiro atoms. The van der Waals surface area contributed by atoms with Gasteiger partial charge in [-0.3, -0.25) is 0 Å². The fourth-order valence-corrected chi connectivity index (χ4v) is 2.62. The van der Waals surface area contributed by atoms with Crippen LogP contribution in [0.5, 0.6) is 0 Å². The summed E-state index contributed by atoms with van der Waals surface area (Å²) in [5, 5.41) is 6.89. The molecule has 0 saturated heterocycles. The van der Waals surface area contributed by atoms with E-state index in [0.717, 1.165) is 31.7 Å². The Labute approximate surface area is 114 Å². The first-order valence-corrected chi connectivity index (χ1v) is 6.93. The highest BCUT2D eigenvalue weighted by Crippen LogP contribution is 2.26. The number of hydrogen-bond acceptors (Lipinski definition) is 3. The highest BCUT2D eigenvalue weighted by molar-refractivity contribution is 5.57. The van der Waals surface area contributed by atoms with E-state index in [1.165, 1.54) is 16.8 Å². The number of benzene rings is 1. The highest BCUT2D eigenvalue weighted by Gasteiger charge is 2.16. The van der Waals surface area contributed by atoms with Gasteiger partial charge in [-0.1, -0.05) is 12.1 Å². The monoisotopic (exact) mass is 256 g/mol. The fraction of sp³-hybridized carbons (Fsp3) is 0.375. The summed E-state index contributed by atoms with van der Waals surface area (Å²) >= 11 is 0. The molecule has 0 amide bonds. The largest absolute Gasteiger partial charge is 0.468 e. The van der Waals surface area contributed by atoms with Gasteiger partial charge in [0.25, 0.3) is 0 Å². The Bertz CT molecular complexity index is 534. The minimum Gasteiger partial charge on any atom is -0.468 e. The minimum absolute atomic E-state index is 0.572. The molecular weight excluding hydrogens is 236 g/mol. The first-order chi connectivity index (χ1) is 9.31. The summed E-state index contributed by atoms with van der Waals surface area (Å²) in [5.74, 6) is 0.993. The van der Waals surface area contributed by atoms with Gasteiger partial charge in [-0.05, 0) is 55.6 Å². The van der Waals surface area contributed by atoms with Crippen LogP contribution < -0.4 is 10.6 Å². The molecule has 19 heavy (non-hydrogen) atoms. The molecule has 1 aromatic heterocycles. The molecule has 0 aliphatic carbocycles. The first-order valence-electron chi connectivity index (χ1n) is 6.93. The Morgan fingerprint density at radius 2 is 2.32 bits per heavy atom. The van der Waals surface area contributed by atoms with Crippen LogP contribution in [0, 0.1) is 0 Å². The zero-order valence-corrected chi connectivity index (χ0v) is 11.3. The standard InChI is InChI=1S/C16H20N2O/c1-12-9-14-10-13(4-5-16(14)18-12)6-7-17-11-15-3-2-8-19-15/h2-5,8,10,12,17-18H,6-7,9,11H2,1H3. The Hall–Kier alpha value is -1.74. The topological polar surface area (TPSA) is 37.2 Å². The van der Waals surface area contributed by atoms with Crippen LogP contribution in [0.1, 0.15) is 23.8 Å².